The molecule has 0 bridgehead atoms. The average molecular weight is 271 g/mol. The minimum atomic E-state index is -0.377. The van der Waals surface area contributed by atoms with Crippen molar-refractivity contribution in [2.24, 2.45) is 0 Å². The maximum atomic E-state index is 5.10. The highest BCUT2D eigenvalue weighted by Crippen LogP contribution is 2.19. The second-order valence-electron chi connectivity index (χ2n) is 3.31. The predicted molar refractivity (Wildman–Crippen MR) is 61.7 cm³/mol. The molecule has 0 radical (unpaired) electrons. The largest absolute Gasteiger partial charge is 0.361 e. The number of aromatic nitrogens is 5. The maximum absolute atomic E-state index is 5.10. The Bertz CT molecular complexity index is 456. The van der Waals surface area contributed by atoms with Crippen molar-refractivity contribution in [1.29, 1.82) is 0 Å². The molecule has 0 aliphatic carbocycles. The summed E-state index contributed by atoms with van der Waals surface area (Å²) in [5.41, 5.74) is 0. The van der Waals surface area contributed by atoms with E-state index in [2.05, 4.69) is 20.7 Å². The molecule has 0 atom stereocenters. The SMILES string of the molecule is COC(Cn1nnnc1SCc1ccno1)OC. The van der Waals surface area contributed by atoms with Crippen molar-refractivity contribution in [1.82, 2.24) is 25.4 Å². The number of thioether (sulfide) groups is 1. The first-order valence-corrected chi connectivity index (χ1v) is 6.16. The van der Waals surface area contributed by atoms with Crippen molar-refractivity contribution in [2.75, 3.05) is 14.2 Å². The predicted octanol–water partition coefficient (Wildman–Crippen LogP) is 0.572. The molecule has 0 aliphatic heterocycles. The van der Waals surface area contributed by atoms with Crippen LogP contribution in [0.1, 0.15) is 5.76 Å². The van der Waals surface area contributed by atoms with Gasteiger partial charge in [0.25, 0.3) is 0 Å². The van der Waals surface area contributed by atoms with Gasteiger partial charge in [-0.2, -0.15) is 0 Å². The number of rotatable bonds is 7. The van der Waals surface area contributed by atoms with E-state index in [1.807, 2.05) is 0 Å². The molecule has 2 aromatic rings. The lowest BCUT2D eigenvalue weighted by molar-refractivity contribution is -0.113. The van der Waals surface area contributed by atoms with Crippen LogP contribution in [0.2, 0.25) is 0 Å². The molecule has 0 aromatic carbocycles. The summed E-state index contributed by atoms with van der Waals surface area (Å²) in [6.45, 7) is 0.429. The molecule has 0 amide bonds. The van der Waals surface area contributed by atoms with Crippen LogP contribution >= 0.6 is 11.8 Å². The number of hydrogen-bond donors (Lipinski definition) is 0. The Morgan fingerprint density at radius 1 is 1.44 bits per heavy atom. The molecule has 8 nitrogen and oxygen atoms in total. The van der Waals surface area contributed by atoms with E-state index in [9.17, 15) is 0 Å². The maximum Gasteiger partial charge on any atom is 0.209 e. The molecular formula is C9H13N5O3S. The Labute approximate surface area is 108 Å². The third kappa shape index (κ3) is 3.28. The first-order valence-electron chi connectivity index (χ1n) is 5.17. The van der Waals surface area contributed by atoms with Gasteiger partial charge < -0.3 is 14.0 Å². The van der Waals surface area contributed by atoms with Gasteiger partial charge in [0.05, 0.1) is 18.5 Å². The fourth-order valence-corrected chi connectivity index (χ4v) is 2.03. The van der Waals surface area contributed by atoms with E-state index in [0.717, 1.165) is 5.76 Å². The van der Waals surface area contributed by atoms with E-state index in [-0.39, 0.29) is 6.29 Å². The fourth-order valence-electron chi connectivity index (χ4n) is 1.25. The number of tetrazole rings is 1. The highest BCUT2D eigenvalue weighted by Gasteiger charge is 2.13. The van der Waals surface area contributed by atoms with Crippen LogP contribution in [-0.2, 0) is 21.8 Å². The summed E-state index contributed by atoms with van der Waals surface area (Å²) in [6.07, 6.45) is 1.23. The third-order valence-electron chi connectivity index (χ3n) is 2.18. The lowest BCUT2D eigenvalue weighted by Gasteiger charge is -2.13. The van der Waals surface area contributed by atoms with Crippen LogP contribution in [0.4, 0.5) is 0 Å². The van der Waals surface area contributed by atoms with Crippen LogP contribution < -0.4 is 0 Å². The summed E-state index contributed by atoms with van der Waals surface area (Å²) in [6, 6.07) is 1.80. The van der Waals surface area contributed by atoms with Crippen LogP contribution in [0.15, 0.2) is 21.9 Å². The van der Waals surface area contributed by atoms with E-state index in [0.29, 0.717) is 17.5 Å². The van der Waals surface area contributed by atoms with Gasteiger partial charge in [0, 0.05) is 20.3 Å². The van der Waals surface area contributed by atoms with Gasteiger partial charge in [-0.3, -0.25) is 0 Å². The molecule has 9 heteroatoms. The number of methoxy groups -OCH3 is 2. The van der Waals surface area contributed by atoms with Gasteiger partial charge in [0.2, 0.25) is 5.16 Å². The monoisotopic (exact) mass is 271 g/mol. The Hall–Kier alpha value is -1.45. The van der Waals surface area contributed by atoms with Gasteiger partial charge in [-0.25, -0.2) is 4.68 Å². The fraction of sp³-hybridized carbons (Fsp3) is 0.556. The zero-order chi connectivity index (χ0) is 12.8. The summed E-state index contributed by atoms with van der Waals surface area (Å²) in [5.74, 6) is 1.38. The van der Waals surface area contributed by atoms with E-state index in [1.54, 1.807) is 31.2 Å². The molecule has 2 aromatic heterocycles. The number of hydrogen-bond acceptors (Lipinski definition) is 8. The summed E-state index contributed by atoms with van der Waals surface area (Å²) >= 11 is 1.46. The molecule has 98 valence electrons. The van der Waals surface area contributed by atoms with Gasteiger partial charge in [-0.15, -0.1) is 5.10 Å². The molecule has 0 spiro atoms. The normalized spacial score (nSPS) is 11.3. The number of ether oxygens (including phenoxy) is 2. The lowest BCUT2D eigenvalue weighted by atomic mass is 10.5. The molecule has 0 saturated carbocycles. The topological polar surface area (TPSA) is 88.1 Å². The minimum absolute atomic E-state index is 0.377. The third-order valence-corrected chi connectivity index (χ3v) is 3.16. The van der Waals surface area contributed by atoms with Crippen molar-refractivity contribution in [2.45, 2.75) is 23.7 Å². The molecule has 2 heterocycles. The molecular weight excluding hydrogens is 258 g/mol. The van der Waals surface area contributed by atoms with E-state index < -0.39 is 0 Å². The standard InChI is InChI=1S/C9H13N5O3S/c1-15-8(16-2)5-14-9(11-12-13-14)18-6-7-3-4-10-17-7/h3-4,8H,5-6H2,1-2H3. The molecule has 2 rings (SSSR count). The Balaban J connectivity index is 1.94. The second kappa shape index (κ2) is 6.47. The molecule has 18 heavy (non-hydrogen) atoms. The van der Waals surface area contributed by atoms with E-state index in [4.69, 9.17) is 14.0 Å². The molecule has 0 fully saturated rings. The van der Waals surface area contributed by atoms with Crippen LogP contribution in [0.3, 0.4) is 0 Å². The summed E-state index contributed by atoms with van der Waals surface area (Å²) in [5, 5.41) is 15.7. The highest BCUT2D eigenvalue weighted by molar-refractivity contribution is 7.98. The van der Waals surface area contributed by atoms with Crippen molar-refractivity contribution in [3.63, 3.8) is 0 Å². The zero-order valence-corrected chi connectivity index (χ0v) is 10.8. The van der Waals surface area contributed by atoms with Crippen molar-refractivity contribution in [3.8, 4) is 0 Å². The first kappa shape index (κ1) is 13.0. The van der Waals surface area contributed by atoms with Gasteiger partial charge >= 0.3 is 0 Å². The second-order valence-corrected chi connectivity index (χ2v) is 4.25. The quantitative estimate of drug-likeness (QED) is 0.533. The van der Waals surface area contributed by atoms with Crippen LogP contribution in [-0.4, -0.2) is 45.9 Å². The molecule has 0 saturated heterocycles. The Kier molecular flexibility index (Phi) is 4.67. The van der Waals surface area contributed by atoms with Gasteiger partial charge in [0.15, 0.2) is 6.29 Å². The summed E-state index contributed by atoms with van der Waals surface area (Å²) in [4.78, 5) is 0. The highest BCUT2D eigenvalue weighted by atomic mass is 32.2. The number of nitrogens with zero attached hydrogens (tertiary/aromatic N) is 5. The Morgan fingerprint density at radius 2 is 2.28 bits per heavy atom. The summed E-state index contributed by atoms with van der Waals surface area (Å²) in [7, 11) is 3.14. The average Bonchev–Trinajstić information content (AvgIpc) is 3.04. The lowest BCUT2D eigenvalue weighted by Crippen LogP contribution is -2.21. The van der Waals surface area contributed by atoms with Crippen LogP contribution in [0, 0.1) is 0 Å². The molecule has 0 aliphatic rings. The Morgan fingerprint density at radius 3 is 2.94 bits per heavy atom. The zero-order valence-electron chi connectivity index (χ0n) is 10.0. The molecule has 0 unspecified atom stereocenters. The van der Waals surface area contributed by atoms with Crippen molar-refractivity contribution >= 4 is 11.8 Å². The van der Waals surface area contributed by atoms with Crippen LogP contribution in [0.5, 0.6) is 0 Å². The van der Waals surface area contributed by atoms with E-state index in [1.165, 1.54) is 11.8 Å². The van der Waals surface area contributed by atoms with Gasteiger partial charge in [0.1, 0.15) is 5.76 Å². The first-order chi connectivity index (χ1) is 8.83. The van der Waals surface area contributed by atoms with E-state index >= 15 is 0 Å². The smallest absolute Gasteiger partial charge is 0.209 e. The van der Waals surface area contributed by atoms with Crippen molar-refractivity contribution < 1.29 is 14.0 Å². The van der Waals surface area contributed by atoms with Gasteiger partial charge in [-0.05, 0) is 10.4 Å². The minimum Gasteiger partial charge on any atom is -0.361 e. The van der Waals surface area contributed by atoms with Crippen LogP contribution in [0.25, 0.3) is 0 Å². The molecule has 0 N–H and O–H groups in total. The van der Waals surface area contributed by atoms with Crippen molar-refractivity contribution in [3.05, 3.63) is 18.0 Å². The summed E-state index contributed by atoms with van der Waals surface area (Å²) < 4.78 is 16.8. The van der Waals surface area contributed by atoms with Gasteiger partial charge in [-0.1, -0.05) is 16.9 Å².